The number of nitrogens with one attached hydrogen (secondary N) is 1. The van der Waals surface area contributed by atoms with Crippen molar-refractivity contribution in [3.8, 4) is 11.4 Å². The summed E-state index contributed by atoms with van der Waals surface area (Å²) in [4.78, 5) is 34.2. The van der Waals surface area contributed by atoms with Gasteiger partial charge in [0.15, 0.2) is 0 Å². The normalized spacial score (nSPS) is 17.4. The van der Waals surface area contributed by atoms with Gasteiger partial charge in [-0.25, -0.2) is 4.57 Å². The third-order valence-electron chi connectivity index (χ3n) is 4.60. The number of hydrogen-bond donors (Lipinski definition) is 4. The Balaban J connectivity index is 1.62. The van der Waals surface area contributed by atoms with Crippen molar-refractivity contribution >= 4 is 19.4 Å². The molecule has 3 rings (SSSR count). The molecule has 5 N–H and O–H groups in total. The average Bonchev–Trinajstić information content (AvgIpc) is 3.31. The van der Waals surface area contributed by atoms with Crippen molar-refractivity contribution in [1.82, 2.24) is 10.1 Å². The second-order valence-corrected chi connectivity index (χ2v) is 8.39. The Hall–Kier alpha value is -2.10. The first-order valence-corrected chi connectivity index (χ1v) is 10.4. The van der Waals surface area contributed by atoms with Gasteiger partial charge in [0.1, 0.15) is 5.54 Å². The quantitative estimate of drug-likeness (QED) is 0.501. The molecule has 1 saturated carbocycles. The fraction of sp³-hybridized carbons (Fsp3) is 0.471. The summed E-state index contributed by atoms with van der Waals surface area (Å²) in [5, 5.41) is 6.61. The molecule has 1 aliphatic rings. The number of benzene rings is 1. The summed E-state index contributed by atoms with van der Waals surface area (Å²) >= 11 is 0. The minimum Gasteiger partial charge on any atom is -0.339 e. The molecular weight excluding hydrogens is 387 g/mol. The van der Waals surface area contributed by atoms with Gasteiger partial charge in [0.05, 0.1) is 6.61 Å². The van der Waals surface area contributed by atoms with E-state index in [0.717, 1.165) is 18.4 Å². The summed E-state index contributed by atoms with van der Waals surface area (Å²) in [7, 11) is -4.71. The molecule has 1 aromatic carbocycles. The fourth-order valence-electron chi connectivity index (χ4n) is 2.95. The van der Waals surface area contributed by atoms with Crippen molar-refractivity contribution in [3.63, 3.8) is 0 Å². The lowest BCUT2D eigenvalue weighted by molar-refractivity contribution is -0.121. The highest BCUT2D eigenvalue weighted by atomic mass is 31.2. The lowest BCUT2D eigenvalue weighted by atomic mass is 10.0. The highest BCUT2D eigenvalue weighted by Crippen LogP contribution is 2.36. The zero-order valence-electron chi connectivity index (χ0n) is 15.4. The topological polar surface area (TPSA) is 161 Å². The van der Waals surface area contributed by atoms with Crippen LogP contribution >= 0.6 is 7.82 Å². The Morgan fingerprint density at radius 2 is 2.00 bits per heavy atom. The van der Waals surface area contributed by atoms with Gasteiger partial charge in [0.2, 0.25) is 17.6 Å². The lowest BCUT2D eigenvalue weighted by Gasteiger charge is -2.23. The summed E-state index contributed by atoms with van der Waals surface area (Å²) in [6.45, 7) is 0.685. The summed E-state index contributed by atoms with van der Waals surface area (Å²) in [6, 6.07) is 6.77. The number of phosphoric acid groups is 1. The molecule has 2 aromatic rings. The second kappa shape index (κ2) is 8.10. The maximum Gasteiger partial charge on any atom is 0.469 e. The molecule has 0 spiro atoms. The van der Waals surface area contributed by atoms with Crippen molar-refractivity contribution in [2.45, 2.75) is 44.1 Å². The number of aromatic nitrogens is 2. The van der Waals surface area contributed by atoms with Crippen molar-refractivity contribution in [2.75, 3.05) is 11.9 Å². The number of amides is 1. The first-order valence-electron chi connectivity index (χ1n) is 8.88. The van der Waals surface area contributed by atoms with Crippen LogP contribution in [0.1, 0.15) is 44.4 Å². The number of hydrogen-bond acceptors (Lipinski definition) is 7. The number of rotatable bonds is 7. The fourth-order valence-corrected chi connectivity index (χ4v) is 3.39. The van der Waals surface area contributed by atoms with Gasteiger partial charge in [-0.05, 0) is 44.0 Å². The van der Waals surface area contributed by atoms with Gasteiger partial charge < -0.3 is 25.4 Å². The third kappa shape index (κ3) is 5.24. The SMILES string of the molecule is C[C@](N)(COP(=O)(O)O)C(=O)Nc1ccc(-c2noc(C3CCCC3)n2)cc1. The van der Waals surface area contributed by atoms with Crippen LogP contribution < -0.4 is 11.1 Å². The third-order valence-corrected chi connectivity index (χ3v) is 5.06. The van der Waals surface area contributed by atoms with Gasteiger partial charge >= 0.3 is 7.82 Å². The van der Waals surface area contributed by atoms with E-state index in [1.54, 1.807) is 24.3 Å². The van der Waals surface area contributed by atoms with E-state index in [9.17, 15) is 9.36 Å². The van der Waals surface area contributed by atoms with Crippen molar-refractivity contribution < 1.29 is 28.2 Å². The van der Waals surface area contributed by atoms with E-state index in [0.29, 0.717) is 23.3 Å². The van der Waals surface area contributed by atoms with E-state index in [1.807, 2.05) is 0 Å². The highest BCUT2D eigenvalue weighted by Gasteiger charge is 2.32. The molecule has 0 aliphatic heterocycles. The standard InChI is InChI=1S/C17H23N4O6P/c1-17(18,10-26-28(23,24)25)16(22)19-13-8-6-11(7-9-13)14-20-15(27-21-14)12-4-2-3-5-12/h6-9,12H,2-5,10,18H2,1H3,(H,19,22)(H2,23,24,25)/t17-/m0/s1. The van der Waals surface area contributed by atoms with Crippen molar-refractivity contribution in [3.05, 3.63) is 30.2 Å². The van der Waals surface area contributed by atoms with Crippen LogP contribution in [-0.4, -0.2) is 38.0 Å². The molecule has 11 heteroatoms. The first-order chi connectivity index (χ1) is 13.1. The van der Waals surface area contributed by atoms with Crippen LogP contribution in [0.25, 0.3) is 11.4 Å². The zero-order chi connectivity index (χ0) is 20.4. The van der Waals surface area contributed by atoms with Crippen LogP contribution in [0.5, 0.6) is 0 Å². The van der Waals surface area contributed by atoms with Crippen LogP contribution in [0.3, 0.4) is 0 Å². The molecule has 1 aromatic heterocycles. The molecule has 0 saturated heterocycles. The predicted molar refractivity (Wildman–Crippen MR) is 100 cm³/mol. The Labute approximate surface area is 161 Å². The molecule has 1 atom stereocenters. The smallest absolute Gasteiger partial charge is 0.339 e. The molecule has 1 aliphatic carbocycles. The van der Waals surface area contributed by atoms with Crippen molar-refractivity contribution in [2.24, 2.45) is 5.73 Å². The molecule has 0 radical (unpaired) electrons. The summed E-state index contributed by atoms with van der Waals surface area (Å²) in [6.07, 6.45) is 4.48. The van der Waals surface area contributed by atoms with Gasteiger partial charge in [-0.15, -0.1) is 0 Å². The number of anilines is 1. The van der Waals surface area contributed by atoms with Crippen LogP contribution in [0.4, 0.5) is 5.69 Å². The van der Waals surface area contributed by atoms with E-state index in [4.69, 9.17) is 20.0 Å². The molecule has 0 unspecified atom stereocenters. The predicted octanol–water partition coefficient (Wildman–Crippen LogP) is 2.16. The molecule has 10 nitrogen and oxygen atoms in total. The maximum atomic E-state index is 12.2. The minimum atomic E-state index is -4.71. The summed E-state index contributed by atoms with van der Waals surface area (Å²) in [5.41, 5.74) is 5.37. The van der Waals surface area contributed by atoms with Gasteiger partial charge in [-0.2, -0.15) is 4.98 Å². The molecule has 1 fully saturated rings. The van der Waals surface area contributed by atoms with Crippen molar-refractivity contribution in [1.29, 1.82) is 0 Å². The summed E-state index contributed by atoms with van der Waals surface area (Å²) < 4.78 is 20.5. The van der Waals surface area contributed by atoms with E-state index in [2.05, 4.69) is 20.0 Å². The van der Waals surface area contributed by atoms with E-state index in [-0.39, 0.29) is 0 Å². The molecule has 28 heavy (non-hydrogen) atoms. The summed E-state index contributed by atoms with van der Waals surface area (Å²) in [5.74, 6) is 0.835. The first kappa shape index (κ1) is 20.6. The monoisotopic (exact) mass is 410 g/mol. The second-order valence-electron chi connectivity index (χ2n) is 7.15. The molecule has 152 valence electrons. The molecule has 1 amide bonds. The zero-order valence-corrected chi connectivity index (χ0v) is 16.3. The Bertz CT molecular complexity index is 870. The number of carbonyl (C=O) groups is 1. The largest absolute Gasteiger partial charge is 0.469 e. The van der Waals surface area contributed by atoms with Crippen LogP contribution in [0, 0.1) is 0 Å². The van der Waals surface area contributed by atoms with Gasteiger partial charge in [0.25, 0.3) is 0 Å². The Morgan fingerprint density at radius 1 is 1.36 bits per heavy atom. The van der Waals surface area contributed by atoms with E-state index < -0.39 is 25.9 Å². The number of nitrogens with two attached hydrogens (primary N) is 1. The van der Waals surface area contributed by atoms with Gasteiger partial charge in [-0.1, -0.05) is 18.0 Å². The average molecular weight is 410 g/mol. The van der Waals surface area contributed by atoms with E-state index in [1.165, 1.54) is 19.8 Å². The van der Waals surface area contributed by atoms with Crippen LogP contribution in [-0.2, 0) is 13.9 Å². The Morgan fingerprint density at radius 3 is 2.61 bits per heavy atom. The maximum absolute atomic E-state index is 12.2. The Kier molecular flexibility index (Phi) is 5.97. The number of nitrogens with zero attached hydrogens (tertiary/aromatic N) is 2. The van der Waals surface area contributed by atoms with E-state index >= 15 is 0 Å². The van der Waals surface area contributed by atoms with Gasteiger partial charge in [-0.3, -0.25) is 9.32 Å². The molecule has 1 heterocycles. The highest BCUT2D eigenvalue weighted by molar-refractivity contribution is 7.46. The van der Waals surface area contributed by atoms with Gasteiger partial charge in [0, 0.05) is 17.2 Å². The molecule has 0 bridgehead atoms. The minimum absolute atomic E-state index is 0.331. The lowest BCUT2D eigenvalue weighted by Crippen LogP contribution is -2.52. The van der Waals surface area contributed by atoms with Crippen LogP contribution in [0.2, 0.25) is 0 Å². The molecular formula is C17H23N4O6P. The van der Waals surface area contributed by atoms with Crippen LogP contribution in [0.15, 0.2) is 28.8 Å². The number of carbonyl (C=O) groups excluding carboxylic acids is 1. The number of phosphoric ester groups is 1.